The number of anilines is 1. The van der Waals surface area contributed by atoms with Crippen LogP contribution in [0, 0.1) is 0 Å². The van der Waals surface area contributed by atoms with Gasteiger partial charge in [-0.15, -0.1) is 0 Å². The SMILES string of the molecule is Oc1cc(Cn2cnc3c(OC[C@@]45CCCN4C[C@H](F)C5)nc(N4C[C@H]5CC[C@@H](C4)N5)nc32)c2c(CF)cccc2c1. The molecule has 8 rings (SSSR count). The lowest BCUT2D eigenvalue weighted by Crippen LogP contribution is -2.51. The molecule has 2 aromatic heterocycles. The van der Waals surface area contributed by atoms with Crippen LogP contribution in [-0.2, 0) is 13.2 Å². The Balaban J connectivity index is 1.20. The highest BCUT2D eigenvalue weighted by atomic mass is 19.1. The van der Waals surface area contributed by atoms with Crippen LogP contribution in [0.1, 0.15) is 43.2 Å². The van der Waals surface area contributed by atoms with Gasteiger partial charge >= 0.3 is 0 Å². The summed E-state index contributed by atoms with van der Waals surface area (Å²) in [5, 5.41) is 15.7. The fraction of sp³-hybridized carbons (Fsp3) is 0.516. The normalized spacial score (nSPS) is 27.4. The number of benzene rings is 2. The molecule has 4 atom stereocenters. The van der Waals surface area contributed by atoms with Gasteiger partial charge in [-0.2, -0.15) is 9.97 Å². The molecule has 4 saturated heterocycles. The van der Waals surface area contributed by atoms with Crippen molar-refractivity contribution in [3.05, 3.63) is 47.8 Å². The molecule has 0 radical (unpaired) electrons. The van der Waals surface area contributed by atoms with Crippen LogP contribution in [0.2, 0.25) is 0 Å². The number of imidazole rings is 1. The van der Waals surface area contributed by atoms with Crippen LogP contribution in [0.15, 0.2) is 36.7 Å². The molecule has 2 bridgehead atoms. The zero-order valence-electron chi connectivity index (χ0n) is 23.5. The lowest BCUT2D eigenvalue weighted by atomic mass is 9.95. The van der Waals surface area contributed by atoms with Crippen molar-refractivity contribution in [2.45, 2.75) is 69.1 Å². The maximum Gasteiger partial charge on any atom is 0.247 e. The van der Waals surface area contributed by atoms with E-state index in [1.165, 1.54) is 0 Å². The predicted octanol–water partition coefficient (Wildman–Crippen LogP) is 4.10. The van der Waals surface area contributed by atoms with E-state index >= 15 is 0 Å². The first-order valence-electron chi connectivity index (χ1n) is 15.0. The van der Waals surface area contributed by atoms with E-state index < -0.39 is 12.8 Å². The van der Waals surface area contributed by atoms with E-state index in [1.807, 2.05) is 10.6 Å². The molecule has 2 aromatic carbocycles. The van der Waals surface area contributed by atoms with Crippen molar-refractivity contribution < 1.29 is 18.6 Å². The Morgan fingerprint density at radius 1 is 1.10 bits per heavy atom. The van der Waals surface area contributed by atoms with Gasteiger partial charge in [-0.05, 0) is 66.3 Å². The maximum absolute atomic E-state index is 14.5. The van der Waals surface area contributed by atoms with Gasteiger partial charge in [0, 0.05) is 38.1 Å². The average molecular weight is 576 g/mol. The summed E-state index contributed by atoms with van der Waals surface area (Å²) >= 11 is 0. The van der Waals surface area contributed by atoms with Crippen LogP contribution in [0.5, 0.6) is 11.6 Å². The highest BCUT2D eigenvalue weighted by Gasteiger charge is 2.49. The van der Waals surface area contributed by atoms with Gasteiger partial charge in [0.2, 0.25) is 11.8 Å². The molecule has 4 aliphatic rings. The Bertz CT molecular complexity index is 1650. The summed E-state index contributed by atoms with van der Waals surface area (Å²) in [5.74, 6) is 1.13. The molecule has 220 valence electrons. The van der Waals surface area contributed by atoms with E-state index in [-0.39, 0.29) is 11.3 Å². The van der Waals surface area contributed by atoms with E-state index in [1.54, 1.807) is 30.6 Å². The third-order valence-electron chi connectivity index (χ3n) is 9.77. The molecule has 0 spiro atoms. The number of halogens is 2. The average Bonchev–Trinajstić information content (AvgIpc) is 3.73. The number of piperazine rings is 1. The number of phenols is 1. The molecular formula is C31H35F2N7O2. The van der Waals surface area contributed by atoms with Crippen molar-refractivity contribution in [2.75, 3.05) is 37.7 Å². The van der Waals surface area contributed by atoms with Crippen molar-refractivity contribution >= 4 is 27.9 Å². The Labute approximate surface area is 242 Å². The van der Waals surface area contributed by atoms with Crippen molar-refractivity contribution in [2.24, 2.45) is 0 Å². The minimum absolute atomic E-state index is 0.122. The first-order valence-corrected chi connectivity index (χ1v) is 15.0. The molecular weight excluding hydrogens is 540 g/mol. The summed E-state index contributed by atoms with van der Waals surface area (Å²) in [7, 11) is 0. The molecule has 4 aliphatic heterocycles. The van der Waals surface area contributed by atoms with Gasteiger partial charge < -0.3 is 24.6 Å². The second-order valence-corrected chi connectivity index (χ2v) is 12.5. The standard InChI is InChI=1S/C31H35F2N7O2/c32-12-20-4-1-3-19-9-25(41)10-21(26(19)20)13-39-18-34-27-28(39)36-30(38-15-23-5-6-24(16-38)35-23)37-29(27)42-17-31-7-2-8-40(31)14-22(33)11-31/h1,3-4,9-10,18,22-24,35,41H,2,5-8,11-17H2/t22-,23-,24+,31+/m1/s1. The number of fused-ring (bicyclic) bond motifs is 5. The van der Waals surface area contributed by atoms with Gasteiger partial charge in [-0.3, -0.25) is 4.90 Å². The number of phenolic OH excluding ortho intramolecular Hbond substituents is 1. The highest BCUT2D eigenvalue weighted by Crippen LogP contribution is 2.41. The molecule has 0 aliphatic carbocycles. The van der Waals surface area contributed by atoms with E-state index in [4.69, 9.17) is 14.7 Å². The first kappa shape index (κ1) is 26.1. The second-order valence-electron chi connectivity index (χ2n) is 12.5. The van der Waals surface area contributed by atoms with Gasteiger partial charge in [0.25, 0.3) is 0 Å². The van der Waals surface area contributed by atoms with E-state index in [0.717, 1.165) is 61.7 Å². The monoisotopic (exact) mass is 575 g/mol. The lowest BCUT2D eigenvalue weighted by molar-refractivity contribution is 0.111. The molecule has 9 nitrogen and oxygen atoms in total. The number of nitrogens with zero attached hydrogens (tertiary/aromatic N) is 6. The predicted molar refractivity (Wildman–Crippen MR) is 156 cm³/mol. The molecule has 6 heterocycles. The smallest absolute Gasteiger partial charge is 0.247 e. The molecule has 4 fully saturated rings. The summed E-state index contributed by atoms with van der Waals surface area (Å²) in [6.07, 6.45) is 5.56. The highest BCUT2D eigenvalue weighted by molar-refractivity contribution is 5.90. The molecule has 4 aromatic rings. The summed E-state index contributed by atoms with van der Waals surface area (Å²) in [4.78, 5) is 19.1. The Morgan fingerprint density at radius 3 is 2.79 bits per heavy atom. The quantitative estimate of drug-likeness (QED) is 0.341. The molecule has 11 heteroatoms. The Kier molecular flexibility index (Phi) is 6.22. The van der Waals surface area contributed by atoms with Gasteiger partial charge in [-0.1, -0.05) is 18.2 Å². The zero-order chi connectivity index (χ0) is 28.4. The third kappa shape index (κ3) is 4.36. The van der Waals surface area contributed by atoms with E-state index in [0.29, 0.717) is 66.8 Å². The number of aromatic hydroxyl groups is 1. The van der Waals surface area contributed by atoms with Crippen LogP contribution in [-0.4, -0.2) is 86.1 Å². The molecule has 2 N–H and O–H groups in total. The number of ether oxygens (including phenoxy) is 1. The number of aromatic nitrogens is 4. The van der Waals surface area contributed by atoms with Crippen LogP contribution in [0.4, 0.5) is 14.7 Å². The summed E-state index contributed by atoms with van der Waals surface area (Å²) in [6, 6.07) is 9.61. The van der Waals surface area contributed by atoms with Crippen LogP contribution in [0.3, 0.4) is 0 Å². The van der Waals surface area contributed by atoms with E-state index in [9.17, 15) is 13.9 Å². The number of hydrogen-bond acceptors (Lipinski definition) is 8. The first-order chi connectivity index (χ1) is 20.5. The van der Waals surface area contributed by atoms with Crippen molar-refractivity contribution in [3.63, 3.8) is 0 Å². The Hall–Kier alpha value is -3.57. The Morgan fingerprint density at radius 2 is 1.95 bits per heavy atom. The van der Waals surface area contributed by atoms with Gasteiger partial charge in [0.05, 0.1) is 18.4 Å². The third-order valence-corrected chi connectivity index (χ3v) is 9.77. The topological polar surface area (TPSA) is 91.6 Å². The molecule has 0 unspecified atom stereocenters. The van der Waals surface area contributed by atoms with Crippen LogP contribution >= 0.6 is 0 Å². The largest absolute Gasteiger partial charge is 0.508 e. The van der Waals surface area contributed by atoms with Crippen LogP contribution < -0.4 is 15.0 Å². The number of rotatable bonds is 7. The molecule has 0 amide bonds. The lowest BCUT2D eigenvalue weighted by Gasteiger charge is -2.33. The summed E-state index contributed by atoms with van der Waals surface area (Å²) < 4.78 is 36.9. The van der Waals surface area contributed by atoms with Crippen molar-refractivity contribution in [1.29, 1.82) is 0 Å². The fourth-order valence-corrected chi connectivity index (χ4v) is 7.88. The van der Waals surface area contributed by atoms with Gasteiger partial charge in [0.1, 0.15) is 25.2 Å². The van der Waals surface area contributed by atoms with E-state index in [2.05, 4.69) is 20.1 Å². The summed E-state index contributed by atoms with van der Waals surface area (Å²) in [5.41, 5.74) is 2.21. The van der Waals surface area contributed by atoms with Crippen molar-refractivity contribution in [3.8, 4) is 11.6 Å². The fourth-order valence-electron chi connectivity index (χ4n) is 7.88. The molecule has 0 saturated carbocycles. The van der Waals surface area contributed by atoms with Gasteiger partial charge in [-0.25, -0.2) is 13.8 Å². The molecule has 42 heavy (non-hydrogen) atoms. The maximum atomic E-state index is 14.5. The zero-order valence-corrected chi connectivity index (χ0v) is 23.5. The minimum Gasteiger partial charge on any atom is -0.508 e. The second kappa shape index (κ2) is 10.0. The number of hydrogen-bond donors (Lipinski definition) is 2. The number of nitrogens with one attached hydrogen (secondary N) is 1. The van der Waals surface area contributed by atoms with Crippen LogP contribution in [0.25, 0.3) is 21.9 Å². The summed E-state index contributed by atoms with van der Waals surface area (Å²) in [6.45, 7) is 3.07. The number of alkyl halides is 2. The van der Waals surface area contributed by atoms with Gasteiger partial charge in [0.15, 0.2) is 11.2 Å². The van der Waals surface area contributed by atoms with Crippen molar-refractivity contribution in [1.82, 2.24) is 29.7 Å². The minimum atomic E-state index is -0.836.